The van der Waals surface area contributed by atoms with Crippen LogP contribution >= 0.6 is 0 Å². The van der Waals surface area contributed by atoms with Gasteiger partial charge in [-0.05, 0) is 56.5 Å². The van der Waals surface area contributed by atoms with Crippen molar-refractivity contribution in [1.29, 1.82) is 5.26 Å². The van der Waals surface area contributed by atoms with Gasteiger partial charge in [-0.3, -0.25) is 4.90 Å². The zero-order valence-corrected chi connectivity index (χ0v) is 15.9. The molecule has 138 valence electrons. The van der Waals surface area contributed by atoms with Gasteiger partial charge in [0.1, 0.15) is 5.82 Å². The predicted octanol–water partition coefficient (Wildman–Crippen LogP) is 5.22. The molecule has 2 aromatic carbocycles. The van der Waals surface area contributed by atoms with Crippen LogP contribution in [0, 0.1) is 31.0 Å². The Balaban J connectivity index is 1.81. The van der Waals surface area contributed by atoms with Gasteiger partial charge in [-0.2, -0.15) is 5.26 Å². The molecule has 1 saturated heterocycles. The molecule has 0 atom stereocenters. The molecule has 1 aromatic heterocycles. The Hall–Kier alpha value is -2.64. The van der Waals surface area contributed by atoms with E-state index >= 15 is 0 Å². The Morgan fingerprint density at radius 3 is 2.44 bits per heavy atom. The largest absolute Gasteiger partial charge is 0.341 e. The van der Waals surface area contributed by atoms with Crippen LogP contribution in [-0.2, 0) is 0 Å². The summed E-state index contributed by atoms with van der Waals surface area (Å²) < 4.78 is 15.9. The first-order valence-electron chi connectivity index (χ1n) is 9.55. The van der Waals surface area contributed by atoms with E-state index in [1.54, 1.807) is 0 Å². The van der Waals surface area contributed by atoms with Crippen LogP contribution in [0.1, 0.15) is 30.1 Å². The number of nitrogens with zero attached hydrogens (tertiary/aromatic N) is 3. The minimum Gasteiger partial charge on any atom is -0.341 e. The molecule has 0 spiro atoms. The minimum atomic E-state index is -0.207. The van der Waals surface area contributed by atoms with Crippen molar-refractivity contribution in [2.75, 3.05) is 19.6 Å². The second kappa shape index (κ2) is 7.17. The highest BCUT2D eigenvalue weighted by molar-refractivity contribution is 5.98. The van der Waals surface area contributed by atoms with Gasteiger partial charge in [-0.1, -0.05) is 23.8 Å². The molecule has 0 aliphatic carbocycles. The lowest BCUT2D eigenvalue weighted by Gasteiger charge is -2.32. The summed E-state index contributed by atoms with van der Waals surface area (Å²) in [5, 5.41) is 10.2. The number of aromatic nitrogens is 1. The van der Waals surface area contributed by atoms with Gasteiger partial charge in [0, 0.05) is 41.3 Å². The van der Waals surface area contributed by atoms with Crippen LogP contribution in [0.25, 0.3) is 22.0 Å². The van der Waals surface area contributed by atoms with Crippen LogP contribution in [-0.4, -0.2) is 29.1 Å². The third kappa shape index (κ3) is 3.24. The third-order valence-corrected chi connectivity index (χ3v) is 5.75. The summed E-state index contributed by atoms with van der Waals surface area (Å²) in [4.78, 5) is 2.22. The SMILES string of the molecule is Cc1ccc2c(c1)c(-c1ccc(F)cc1)c(C)n2C1CCN(CC#N)CC1. The fourth-order valence-corrected chi connectivity index (χ4v) is 4.44. The molecule has 4 heteroatoms. The van der Waals surface area contributed by atoms with Crippen LogP contribution < -0.4 is 0 Å². The summed E-state index contributed by atoms with van der Waals surface area (Å²) >= 11 is 0. The smallest absolute Gasteiger partial charge is 0.123 e. The summed E-state index contributed by atoms with van der Waals surface area (Å²) in [5.74, 6) is -0.207. The maximum atomic E-state index is 13.4. The molecule has 0 bridgehead atoms. The van der Waals surface area contributed by atoms with E-state index in [9.17, 15) is 4.39 Å². The summed E-state index contributed by atoms with van der Waals surface area (Å²) in [7, 11) is 0. The number of piperidine rings is 1. The second-order valence-corrected chi connectivity index (χ2v) is 7.52. The van der Waals surface area contributed by atoms with E-state index in [2.05, 4.69) is 47.6 Å². The zero-order chi connectivity index (χ0) is 19.0. The Morgan fingerprint density at radius 1 is 1.07 bits per heavy atom. The van der Waals surface area contributed by atoms with Crippen LogP contribution in [0.15, 0.2) is 42.5 Å². The molecule has 0 radical (unpaired) electrons. The van der Waals surface area contributed by atoms with Crippen molar-refractivity contribution in [2.45, 2.75) is 32.7 Å². The average molecular weight is 361 g/mol. The lowest BCUT2D eigenvalue weighted by Crippen LogP contribution is -2.35. The highest BCUT2D eigenvalue weighted by atomic mass is 19.1. The number of hydrogen-bond acceptors (Lipinski definition) is 2. The Bertz CT molecular complexity index is 1000. The van der Waals surface area contributed by atoms with Crippen LogP contribution in [0.4, 0.5) is 4.39 Å². The number of nitriles is 1. The van der Waals surface area contributed by atoms with E-state index in [0.29, 0.717) is 12.6 Å². The Labute approximate surface area is 159 Å². The number of rotatable bonds is 3. The number of fused-ring (bicyclic) bond motifs is 1. The molecule has 1 aliphatic heterocycles. The summed E-state index contributed by atoms with van der Waals surface area (Å²) in [5.41, 5.74) is 5.97. The van der Waals surface area contributed by atoms with Crippen molar-refractivity contribution in [3.63, 3.8) is 0 Å². The Kier molecular flexibility index (Phi) is 4.72. The van der Waals surface area contributed by atoms with Gasteiger partial charge in [0.25, 0.3) is 0 Å². The number of halogens is 1. The molecule has 0 amide bonds. The molecule has 3 nitrogen and oxygen atoms in total. The van der Waals surface area contributed by atoms with E-state index in [4.69, 9.17) is 5.26 Å². The van der Waals surface area contributed by atoms with Crippen molar-refractivity contribution >= 4 is 10.9 Å². The average Bonchev–Trinajstić information content (AvgIpc) is 2.95. The predicted molar refractivity (Wildman–Crippen MR) is 107 cm³/mol. The molecule has 1 aliphatic rings. The Morgan fingerprint density at radius 2 is 1.78 bits per heavy atom. The van der Waals surface area contributed by atoms with E-state index < -0.39 is 0 Å². The molecular formula is C23H24FN3. The standard InChI is InChI=1S/C23H24FN3/c1-16-3-8-22-21(15-16)23(18-4-6-19(24)7-5-18)17(2)27(22)20-9-12-26(13-10-20)14-11-25/h3-8,15,20H,9-10,12-14H2,1-2H3. The van der Waals surface area contributed by atoms with E-state index in [-0.39, 0.29) is 5.82 Å². The third-order valence-electron chi connectivity index (χ3n) is 5.75. The van der Waals surface area contributed by atoms with Crippen molar-refractivity contribution in [2.24, 2.45) is 0 Å². The fourth-order valence-electron chi connectivity index (χ4n) is 4.44. The van der Waals surface area contributed by atoms with Crippen molar-refractivity contribution in [3.8, 4) is 17.2 Å². The number of aryl methyl sites for hydroxylation is 1. The summed E-state index contributed by atoms with van der Waals surface area (Å²) in [6.45, 7) is 6.71. The van der Waals surface area contributed by atoms with E-state index in [1.807, 2.05) is 12.1 Å². The topological polar surface area (TPSA) is 32.0 Å². The van der Waals surface area contributed by atoms with Gasteiger partial charge in [0.15, 0.2) is 0 Å². The van der Waals surface area contributed by atoms with Gasteiger partial charge >= 0.3 is 0 Å². The van der Waals surface area contributed by atoms with Gasteiger partial charge in [0.05, 0.1) is 12.6 Å². The highest BCUT2D eigenvalue weighted by Crippen LogP contribution is 2.39. The van der Waals surface area contributed by atoms with Crippen molar-refractivity contribution in [3.05, 3.63) is 59.5 Å². The molecular weight excluding hydrogens is 337 g/mol. The lowest BCUT2D eigenvalue weighted by molar-refractivity contribution is 0.206. The van der Waals surface area contributed by atoms with E-state index in [0.717, 1.165) is 31.5 Å². The van der Waals surface area contributed by atoms with Gasteiger partial charge in [0.2, 0.25) is 0 Å². The van der Waals surface area contributed by atoms with Gasteiger partial charge < -0.3 is 4.57 Å². The summed E-state index contributed by atoms with van der Waals surface area (Å²) in [6.07, 6.45) is 2.09. The van der Waals surface area contributed by atoms with Crippen molar-refractivity contribution in [1.82, 2.24) is 9.47 Å². The normalized spacial score (nSPS) is 15.9. The highest BCUT2D eigenvalue weighted by Gasteiger charge is 2.25. The molecule has 1 fully saturated rings. The lowest BCUT2D eigenvalue weighted by atomic mass is 10.0. The number of benzene rings is 2. The first-order valence-corrected chi connectivity index (χ1v) is 9.55. The van der Waals surface area contributed by atoms with Crippen LogP contribution in [0.2, 0.25) is 0 Å². The quantitative estimate of drug-likeness (QED) is 0.599. The minimum absolute atomic E-state index is 0.207. The maximum Gasteiger partial charge on any atom is 0.123 e. The molecule has 3 aromatic rings. The maximum absolute atomic E-state index is 13.4. The van der Waals surface area contributed by atoms with Gasteiger partial charge in [-0.25, -0.2) is 4.39 Å². The monoisotopic (exact) mass is 361 g/mol. The molecule has 0 saturated carbocycles. The molecule has 2 heterocycles. The number of hydrogen-bond donors (Lipinski definition) is 0. The molecule has 27 heavy (non-hydrogen) atoms. The van der Waals surface area contributed by atoms with Gasteiger partial charge in [-0.15, -0.1) is 0 Å². The fraction of sp³-hybridized carbons (Fsp3) is 0.348. The van der Waals surface area contributed by atoms with Crippen molar-refractivity contribution < 1.29 is 4.39 Å². The number of likely N-dealkylation sites (tertiary alicyclic amines) is 1. The van der Waals surface area contributed by atoms with Crippen LogP contribution in [0.5, 0.6) is 0 Å². The molecule has 4 rings (SSSR count). The molecule has 0 N–H and O–H groups in total. The first kappa shape index (κ1) is 17.8. The molecule has 0 unspecified atom stereocenters. The second-order valence-electron chi connectivity index (χ2n) is 7.52. The van der Waals surface area contributed by atoms with E-state index in [1.165, 1.54) is 39.9 Å². The summed E-state index contributed by atoms with van der Waals surface area (Å²) in [6, 6.07) is 16.1. The first-order chi connectivity index (χ1) is 13.1. The zero-order valence-electron chi connectivity index (χ0n) is 15.9. The van der Waals surface area contributed by atoms with Crippen LogP contribution in [0.3, 0.4) is 0 Å².